The lowest BCUT2D eigenvalue weighted by Gasteiger charge is -2.34. The standard InChI is InChI=1S/C15H19BN2O4S/c1-15(2)6-10-3-4-11(5-12(10)16(21)22-15)17-13(19)7-18-9-23-8-14(18)20/h3-5,21H,6-9H2,1-2H3,(H,17,19). The molecule has 1 fully saturated rings. The Kier molecular flexibility index (Phi) is 4.40. The fourth-order valence-electron chi connectivity index (χ4n) is 2.84. The highest BCUT2D eigenvalue weighted by Gasteiger charge is 2.35. The van der Waals surface area contributed by atoms with E-state index >= 15 is 0 Å². The van der Waals surface area contributed by atoms with Crippen LogP contribution in [0.5, 0.6) is 0 Å². The van der Waals surface area contributed by atoms with Gasteiger partial charge in [-0.3, -0.25) is 9.59 Å². The molecule has 2 aliphatic heterocycles. The van der Waals surface area contributed by atoms with Crippen molar-refractivity contribution in [3.8, 4) is 0 Å². The molecule has 6 nitrogen and oxygen atoms in total. The zero-order valence-corrected chi connectivity index (χ0v) is 14.0. The Morgan fingerprint density at radius 3 is 3.00 bits per heavy atom. The first kappa shape index (κ1) is 16.4. The van der Waals surface area contributed by atoms with Crippen molar-refractivity contribution < 1.29 is 19.3 Å². The van der Waals surface area contributed by atoms with Gasteiger partial charge in [0.25, 0.3) is 0 Å². The summed E-state index contributed by atoms with van der Waals surface area (Å²) in [7, 11) is -0.998. The first-order valence-electron chi connectivity index (χ1n) is 7.48. The maximum Gasteiger partial charge on any atom is 0.491 e. The minimum Gasteiger partial charge on any atom is -0.423 e. The van der Waals surface area contributed by atoms with Crippen molar-refractivity contribution in [2.24, 2.45) is 0 Å². The molecule has 122 valence electrons. The smallest absolute Gasteiger partial charge is 0.423 e. The van der Waals surface area contributed by atoms with Crippen LogP contribution in [0.2, 0.25) is 0 Å². The summed E-state index contributed by atoms with van der Waals surface area (Å²) in [5.74, 6) is 0.734. The number of hydrogen-bond donors (Lipinski definition) is 2. The normalized spacial score (nSPS) is 19.7. The highest BCUT2D eigenvalue weighted by molar-refractivity contribution is 8.00. The van der Waals surface area contributed by atoms with Crippen LogP contribution in [0.25, 0.3) is 0 Å². The lowest BCUT2D eigenvalue weighted by Crippen LogP contribution is -2.50. The molecule has 2 heterocycles. The Bertz CT molecular complexity index is 652. The van der Waals surface area contributed by atoms with E-state index in [9.17, 15) is 14.6 Å². The minimum atomic E-state index is -0.998. The van der Waals surface area contributed by atoms with Crippen LogP contribution in [-0.4, -0.2) is 52.6 Å². The second-order valence-corrected chi connectivity index (χ2v) is 7.39. The minimum absolute atomic E-state index is 0.0124. The Morgan fingerprint density at radius 2 is 2.30 bits per heavy atom. The van der Waals surface area contributed by atoms with E-state index in [1.807, 2.05) is 26.0 Å². The van der Waals surface area contributed by atoms with E-state index in [-0.39, 0.29) is 18.4 Å². The number of thioether (sulfide) groups is 1. The lowest BCUT2D eigenvalue weighted by atomic mass is 9.70. The highest BCUT2D eigenvalue weighted by Crippen LogP contribution is 2.23. The molecule has 0 atom stereocenters. The number of carbonyl (C=O) groups excluding carboxylic acids is 2. The van der Waals surface area contributed by atoms with Crippen LogP contribution >= 0.6 is 11.8 Å². The summed E-state index contributed by atoms with van der Waals surface area (Å²) in [6, 6.07) is 5.44. The Morgan fingerprint density at radius 1 is 1.52 bits per heavy atom. The number of carbonyl (C=O) groups is 2. The molecule has 1 aromatic rings. The molecule has 2 amide bonds. The van der Waals surface area contributed by atoms with E-state index in [1.165, 1.54) is 16.7 Å². The Hall–Kier alpha value is -1.51. The number of anilines is 1. The quantitative estimate of drug-likeness (QED) is 0.772. The summed E-state index contributed by atoms with van der Waals surface area (Å²) < 4.78 is 5.57. The van der Waals surface area contributed by atoms with Gasteiger partial charge in [-0.25, -0.2) is 0 Å². The van der Waals surface area contributed by atoms with Crippen LogP contribution in [0, 0.1) is 0 Å². The zero-order chi connectivity index (χ0) is 16.6. The largest absolute Gasteiger partial charge is 0.491 e. The fourth-order valence-corrected chi connectivity index (χ4v) is 3.75. The van der Waals surface area contributed by atoms with E-state index < -0.39 is 12.7 Å². The molecule has 3 rings (SSSR count). The molecule has 0 spiro atoms. The summed E-state index contributed by atoms with van der Waals surface area (Å²) in [4.78, 5) is 25.1. The first-order valence-corrected chi connectivity index (χ1v) is 8.64. The number of nitrogens with one attached hydrogen (secondary N) is 1. The average Bonchev–Trinajstić information content (AvgIpc) is 2.84. The van der Waals surface area contributed by atoms with E-state index in [2.05, 4.69) is 5.32 Å². The van der Waals surface area contributed by atoms with E-state index in [1.54, 1.807) is 6.07 Å². The van der Waals surface area contributed by atoms with Crippen LogP contribution in [0.3, 0.4) is 0 Å². The average molecular weight is 334 g/mol. The SMILES string of the molecule is CC1(C)Cc2ccc(NC(=O)CN3CSCC3=O)cc2B(O)O1. The van der Waals surface area contributed by atoms with Crippen molar-refractivity contribution in [3.05, 3.63) is 23.8 Å². The predicted molar refractivity (Wildman–Crippen MR) is 90.6 cm³/mol. The van der Waals surface area contributed by atoms with Gasteiger partial charge in [0.15, 0.2) is 0 Å². The third kappa shape index (κ3) is 3.71. The molecule has 0 unspecified atom stereocenters. The molecule has 0 aliphatic carbocycles. The van der Waals surface area contributed by atoms with Crippen molar-refractivity contribution in [1.82, 2.24) is 4.90 Å². The zero-order valence-electron chi connectivity index (χ0n) is 13.2. The van der Waals surface area contributed by atoms with Crippen molar-refractivity contribution in [3.63, 3.8) is 0 Å². The summed E-state index contributed by atoms with van der Waals surface area (Å²) in [5, 5.41) is 12.9. The number of fused-ring (bicyclic) bond motifs is 1. The van der Waals surface area contributed by atoms with Gasteiger partial charge in [0, 0.05) is 5.69 Å². The second kappa shape index (κ2) is 6.18. The molecule has 2 aliphatic rings. The third-order valence-corrected chi connectivity index (χ3v) is 4.85. The molecule has 8 heteroatoms. The van der Waals surface area contributed by atoms with Crippen LogP contribution < -0.4 is 10.8 Å². The summed E-state index contributed by atoms with van der Waals surface area (Å²) in [5.41, 5.74) is 1.87. The van der Waals surface area contributed by atoms with Gasteiger partial charge in [0.2, 0.25) is 11.8 Å². The Balaban J connectivity index is 1.69. The van der Waals surface area contributed by atoms with Gasteiger partial charge < -0.3 is 19.9 Å². The van der Waals surface area contributed by atoms with E-state index in [0.717, 1.165) is 5.56 Å². The maximum absolute atomic E-state index is 12.1. The van der Waals surface area contributed by atoms with Gasteiger partial charge in [0.05, 0.1) is 17.2 Å². The first-order chi connectivity index (χ1) is 10.8. The molecule has 2 N–H and O–H groups in total. The van der Waals surface area contributed by atoms with Crippen molar-refractivity contribution in [1.29, 1.82) is 0 Å². The van der Waals surface area contributed by atoms with Crippen molar-refractivity contribution in [2.45, 2.75) is 25.9 Å². The maximum atomic E-state index is 12.1. The molecule has 0 saturated carbocycles. The van der Waals surface area contributed by atoms with Gasteiger partial charge in [-0.2, -0.15) is 0 Å². The molecule has 0 bridgehead atoms. The Labute approximate surface area is 139 Å². The van der Waals surface area contributed by atoms with E-state index in [4.69, 9.17) is 4.65 Å². The summed E-state index contributed by atoms with van der Waals surface area (Å²) >= 11 is 1.50. The van der Waals surface area contributed by atoms with Gasteiger partial charge in [-0.05, 0) is 43.4 Å². The van der Waals surface area contributed by atoms with Crippen LogP contribution in [-0.2, 0) is 20.7 Å². The number of rotatable bonds is 3. The number of hydrogen-bond acceptors (Lipinski definition) is 5. The van der Waals surface area contributed by atoms with E-state index in [0.29, 0.717) is 29.2 Å². The molecule has 1 aromatic carbocycles. The topological polar surface area (TPSA) is 78.9 Å². The third-order valence-electron chi connectivity index (χ3n) is 3.90. The molecule has 0 radical (unpaired) electrons. The van der Waals surface area contributed by atoms with Crippen molar-refractivity contribution in [2.75, 3.05) is 23.5 Å². The number of amides is 2. The molecular weight excluding hydrogens is 315 g/mol. The van der Waals surface area contributed by atoms with Crippen LogP contribution in [0.15, 0.2) is 18.2 Å². The highest BCUT2D eigenvalue weighted by atomic mass is 32.2. The number of nitrogens with zero attached hydrogens (tertiary/aromatic N) is 1. The lowest BCUT2D eigenvalue weighted by molar-refractivity contribution is -0.130. The van der Waals surface area contributed by atoms with Gasteiger partial charge >= 0.3 is 7.12 Å². The van der Waals surface area contributed by atoms with Crippen LogP contribution in [0.4, 0.5) is 5.69 Å². The van der Waals surface area contributed by atoms with Gasteiger partial charge in [-0.15, -0.1) is 11.8 Å². The molecule has 1 saturated heterocycles. The van der Waals surface area contributed by atoms with Crippen LogP contribution in [0.1, 0.15) is 19.4 Å². The molecule has 0 aromatic heterocycles. The van der Waals surface area contributed by atoms with Gasteiger partial charge in [0.1, 0.15) is 6.54 Å². The number of benzene rings is 1. The predicted octanol–water partition coefficient (Wildman–Crippen LogP) is 0.197. The summed E-state index contributed by atoms with van der Waals surface area (Å²) in [6.45, 7) is 3.91. The monoisotopic (exact) mass is 334 g/mol. The second-order valence-electron chi connectivity index (χ2n) is 6.44. The summed E-state index contributed by atoms with van der Waals surface area (Å²) in [6.07, 6.45) is 0.702. The molecule has 23 heavy (non-hydrogen) atoms. The fraction of sp³-hybridized carbons (Fsp3) is 0.467. The van der Waals surface area contributed by atoms with Crippen molar-refractivity contribution >= 4 is 41.8 Å². The molecular formula is C15H19BN2O4S. The van der Waals surface area contributed by atoms with Gasteiger partial charge in [-0.1, -0.05) is 6.07 Å².